The summed E-state index contributed by atoms with van der Waals surface area (Å²) in [6, 6.07) is 4.27. The van der Waals surface area contributed by atoms with Crippen molar-refractivity contribution >= 4 is 26.8 Å². The van der Waals surface area contributed by atoms with Crippen molar-refractivity contribution in [3.05, 3.63) is 29.8 Å². The molecule has 1 aliphatic heterocycles. The van der Waals surface area contributed by atoms with E-state index in [0.717, 1.165) is 0 Å². The average Bonchev–Trinajstić information content (AvgIpc) is 3.12. The first-order chi connectivity index (χ1) is 11.8. The number of sulfone groups is 1. The van der Waals surface area contributed by atoms with E-state index in [-0.39, 0.29) is 42.2 Å². The molecule has 1 amide bonds. The number of fused-ring (bicyclic) bond motifs is 1. The van der Waals surface area contributed by atoms with E-state index in [1.807, 2.05) is 11.9 Å². The summed E-state index contributed by atoms with van der Waals surface area (Å²) in [5.74, 6) is 0.467. The van der Waals surface area contributed by atoms with E-state index in [1.54, 1.807) is 6.07 Å². The Bertz CT molecular complexity index is 881. The number of nitrogens with zero attached hydrogens (tertiary/aromatic N) is 2. The Morgan fingerprint density at radius 1 is 1.48 bits per heavy atom. The van der Waals surface area contributed by atoms with E-state index in [9.17, 15) is 17.6 Å². The highest BCUT2D eigenvalue weighted by Crippen LogP contribution is 2.16. The number of halogens is 1. The summed E-state index contributed by atoms with van der Waals surface area (Å²) in [5.41, 5.74) is 1.24. The van der Waals surface area contributed by atoms with Gasteiger partial charge >= 0.3 is 0 Å². The Morgan fingerprint density at radius 2 is 2.28 bits per heavy atom. The summed E-state index contributed by atoms with van der Waals surface area (Å²) < 4.78 is 36.1. The molecule has 0 saturated carbocycles. The van der Waals surface area contributed by atoms with Crippen LogP contribution in [0.5, 0.6) is 0 Å². The molecule has 1 atom stereocenters. The summed E-state index contributed by atoms with van der Waals surface area (Å²) in [4.78, 5) is 21.2. The molecule has 0 spiro atoms. The Labute approximate surface area is 145 Å². The lowest BCUT2D eigenvalue weighted by atomic mass is 10.2. The lowest BCUT2D eigenvalue weighted by Gasteiger charge is -2.22. The van der Waals surface area contributed by atoms with Gasteiger partial charge in [-0.25, -0.2) is 17.8 Å². The lowest BCUT2D eigenvalue weighted by Crippen LogP contribution is -2.36. The summed E-state index contributed by atoms with van der Waals surface area (Å²) in [6.45, 7) is 0.730. The Kier molecular flexibility index (Phi) is 5.05. The molecule has 7 nitrogen and oxygen atoms in total. The van der Waals surface area contributed by atoms with E-state index in [4.69, 9.17) is 0 Å². The van der Waals surface area contributed by atoms with Gasteiger partial charge in [0.15, 0.2) is 9.84 Å². The highest BCUT2D eigenvalue weighted by Gasteiger charge is 2.30. The van der Waals surface area contributed by atoms with Gasteiger partial charge in [-0.1, -0.05) is 0 Å². The van der Waals surface area contributed by atoms with Gasteiger partial charge in [0.1, 0.15) is 11.6 Å². The van der Waals surface area contributed by atoms with Gasteiger partial charge in [-0.3, -0.25) is 4.79 Å². The van der Waals surface area contributed by atoms with Crippen molar-refractivity contribution in [1.29, 1.82) is 0 Å². The molecule has 1 aliphatic rings. The van der Waals surface area contributed by atoms with E-state index in [1.165, 1.54) is 12.1 Å². The zero-order valence-electron chi connectivity index (χ0n) is 14.0. The minimum atomic E-state index is -2.92. The van der Waals surface area contributed by atoms with Gasteiger partial charge in [-0.05, 0) is 31.7 Å². The van der Waals surface area contributed by atoms with Gasteiger partial charge in [0.2, 0.25) is 5.91 Å². The standard InChI is InChI=1S/C16H21FN4O3S/c1-21(12-5-7-25(23,24)10-12)6-4-16(22)18-9-15-19-13-3-2-11(17)8-14(13)20-15/h2-3,8,12H,4-7,9-10H2,1H3,(H,18,22)(H,19,20). The summed E-state index contributed by atoms with van der Waals surface area (Å²) in [7, 11) is -1.08. The van der Waals surface area contributed by atoms with Gasteiger partial charge in [-0.2, -0.15) is 0 Å². The van der Waals surface area contributed by atoms with Gasteiger partial charge in [0.05, 0.1) is 29.1 Å². The molecule has 0 bridgehead atoms. The molecule has 1 unspecified atom stereocenters. The van der Waals surface area contributed by atoms with Crippen molar-refractivity contribution in [2.45, 2.75) is 25.4 Å². The average molecular weight is 368 g/mol. The fourth-order valence-corrected chi connectivity index (χ4v) is 4.78. The van der Waals surface area contributed by atoms with Gasteiger partial charge in [0, 0.05) is 19.0 Å². The summed E-state index contributed by atoms with van der Waals surface area (Å²) in [6.07, 6.45) is 0.901. The predicted molar refractivity (Wildman–Crippen MR) is 92.2 cm³/mol. The third-order valence-corrected chi connectivity index (χ3v) is 6.22. The van der Waals surface area contributed by atoms with Crippen LogP contribution in [0.1, 0.15) is 18.7 Å². The van der Waals surface area contributed by atoms with Crippen LogP contribution in [0.25, 0.3) is 11.0 Å². The molecule has 1 aromatic carbocycles. The number of amides is 1. The minimum Gasteiger partial charge on any atom is -0.349 e. The molecule has 3 rings (SSSR count). The number of rotatable bonds is 6. The molecule has 2 aromatic rings. The van der Waals surface area contributed by atoms with E-state index in [0.29, 0.717) is 29.8 Å². The maximum absolute atomic E-state index is 13.2. The fraction of sp³-hybridized carbons (Fsp3) is 0.500. The second kappa shape index (κ2) is 7.09. The van der Waals surface area contributed by atoms with Crippen molar-refractivity contribution in [3.8, 4) is 0 Å². The van der Waals surface area contributed by atoms with Crippen LogP contribution in [0.15, 0.2) is 18.2 Å². The number of carbonyl (C=O) groups excluding carboxylic acids is 1. The smallest absolute Gasteiger partial charge is 0.221 e. The van der Waals surface area contributed by atoms with Crippen LogP contribution >= 0.6 is 0 Å². The third-order valence-electron chi connectivity index (χ3n) is 4.47. The van der Waals surface area contributed by atoms with Crippen molar-refractivity contribution in [2.75, 3.05) is 25.1 Å². The topological polar surface area (TPSA) is 95.2 Å². The predicted octanol–water partition coefficient (Wildman–Crippen LogP) is 0.827. The molecule has 1 saturated heterocycles. The van der Waals surface area contributed by atoms with Crippen LogP contribution in [0.3, 0.4) is 0 Å². The molecule has 9 heteroatoms. The van der Waals surface area contributed by atoms with E-state index in [2.05, 4.69) is 15.3 Å². The zero-order valence-corrected chi connectivity index (χ0v) is 14.8. The molecule has 1 fully saturated rings. The highest BCUT2D eigenvalue weighted by atomic mass is 32.2. The molecule has 2 N–H and O–H groups in total. The second-order valence-electron chi connectivity index (χ2n) is 6.41. The Balaban J connectivity index is 1.46. The van der Waals surface area contributed by atoms with Crippen LogP contribution in [0, 0.1) is 5.82 Å². The first-order valence-corrected chi connectivity index (χ1v) is 9.96. The maximum Gasteiger partial charge on any atom is 0.221 e. The zero-order chi connectivity index (χ0) is 18.0. The van der Waals surface area contributed by atoms with Crippen molar-refractivity contribution in [1.82, 2.24) is 20.2 Å². The number of benzene rings is 1. The number of carbonyl (C=O) groups is 1. The number of hydrogen-bond donors (Lipinski definition) is 2. The van der Waals surface area contributed by atoms with Crippen LogP contribution in [0.4, 0.5) is 4.39 Å². The highest BCUT2D eigenvalue weighted by molar-refractivity contribution is 7.91. The largest absolute Gasteiger partial charge is 0.349 e. The number of nitrogens with one attached hydrogen (secondary N) is 2. The number of H-pyrrole nitrogens is 1. The van der Waals surface area contributed by atoms with Crippen molar-refractivity contribution in [3.63, 3.8) is 0 Å². The number of hydrogen-bond acceptors (Lipinski definition) is 5. The lowest BCUT2D eigenvalue weighted by molar-refractivity contribution is -0.121. The SMILES string of the molecule is CN(CCC(=O)NCc1nc2ccc(F)cc2[nH]1)C1CCS(=O)(=O)C1. The first kappa shape index (κ1) is 17.8. The molecule has 1 aromatic heterocycles. The van der Waals surface area contributed by atoms with Gasteiger partial charge in [0.25, 0.3) is 0 Å². The summed E-state index contributed by atoms with van der Waals surface area (Å²) in [5, 5.41) is 2.77. The van der Waals surface area contributed by atoms with Crippen molar-refractivity contribution < 1.29 is 17.6 Å². The molecule has 0 radical (unpaired) electrons. The monoisotopic (exact) mass is 368 g/mol. The van der Waals surface area contributed by atoms with E-state index < -0.39 is 9.84 Å². The fourth-order valence-electron chi connectivity index (χ4n) is 2.97. The molecule has 136 valence electrons. The van der Waals surface area contributed by atoms with Crippen LogP contribution in [-0.4, -0.2) is 60.3 Å². The molecule has 25 heavy (non-hydrogen) atoms. The molecular formula is C16H21FN4O3S. The van der Waals surface area contributed by atoms with Crippen LogP contribution in [-0.2, 0) is 21.2 Å². The number of aromatic nitrogens is 2. The Morgan fingerprint density at radius 3 is 3.00 bits per heavy atom. The number of aromatic amines is 1. The van der Waals surface area contributed by atoms with Crippen LogP contribution < -0.4 is 5.32 Å². The quantitative estimate of drug-likeness (QED) is 0.787. The van der Waals surface area contributed by atoms with Gasteiger partial charge < -0.3 is 15.2 Å². The number of imidazole rings is 1. The van der Waals surface area contributed by atoms with Crippen LogP contribution in [0.2, 0.25) is 0 Å². The maximum atomic E-state index is 13.2. The molecule has 2 heterocycles. The van der Waals surface area contributed by atoms with Crippen molar-refractivity contribution in [2.24, 2.45) is 0 Å². The third kappa shape index (κ3) is 4.55. The second-order valence-corrected chi connectivity index (χ2v) is 8.64. The Hall–Kier alpha value is -2.00. The normalized spacial score (nSPS) is 19.6. The van der Waals surface area contributed by atoms with E-state index >= 15 is 0 Å². The van der Waals surface area contributed by atoms with Gasteiger partial charge in [-0.15, -0.1) is 0 Å². The first-order valence-electron chi connectivity index (χ1n) is 8.14. The minimum absolute atomic E-state index is 0.0110. The molecule has 0 aliphatic carbocycles. The summed E-state index contributed by atoms with van der Waals surface area (Å²) >= 11 is 0. The molecular weight excluding hydrogens is 347 g/mol.